The number of halogens is 1. The highest BCUT2D eigenvalue weighted by Gasteiger charge is 2.27. The zero-order valence-corrected chi connectivity index (χ0v) is 16.2. The molecule has 1 N–H and O–H groups in total. The Morgan fingerprint density at radius 3 is 2.59 bits per heavy atom. The summed E-state index contributed by atoms with van der Waals surface area (Å²) in [6.07, 6.45) is 1.74. The van der Waals surface area contributed by atoms with Crippen molar-refractivity contribution in [3.63, 3.8) is 0 Å². The molecule has 2 aromatic carbocycles. The van der Waals surface area contributed by atoms with Crippen molar-refractivity contribution in [3.8, 4) is 11.5 Å². The Hall–Kier alpha value is -2.96. The lowest BCUT2D eigenvalue weighted by Gasteiger charge is -2.36. The molecule has 0 saturated carbocycles. The predicted molar refractivity (Wildman–Crippen MR) is 107 cm³/mol. The summed E-state index contributed by atoms with van der Waals surface area (Å²) in [4.78, 5) is 16.7. The third-order valence-corrected chi connectivity index (χ3v) is 5.94. The Labute approximate surface area is 169 Å². The molecule has 7 heteroatoms. The Morgan fingerprint density at radius 1 is 1.03 bits per heavy atom. The van der Waals surface area contributed by atoms with Gasteiger partial charge in [-0.15, -0.1) is 0 Å². The van der Waals surface area contributed by atoms with Gasteiger partial charge in [-0.25, -0.2) is 9.18 Å². The monoisotopic (exact) mass is 397 g/mol. The van der Waals surface area contributed by atoms with E-state index in [0.29, 0.717) is 32.8 Å². The second-order valence-corrected chi connectivity index (χ2v) is 7.63. The second-order valence-electron chi connectivity index (χ2n) is 7.63. The Kier molecular flexibility index (Phi) is 4.66. The lowest BCUT2D eigenvalue weighted by molar-refractivity contribution is 0.194. The van der Waals surface area contributed by atoms with Gasteiger partial charge in [0.1, 0.15) is 17.3 Å². The smallest absolute Gasteiger partial charge is 0.317 e. The van der Waals surface area contributed by atoms with Crippen LogP contribution in [-0.4, -0.2) is 50.3 Å². The SMILES string of the molecule is O=C(NCc1c2c(cc3c1OCC3)OCC2)N1CCN(c2ccc(F)cc2)CC1. The molecule has 1 fully saturated rings. The minimum absolute atomic E-state index is 0.0629. The first-order valence-electron chi connectivity index (χ1n) is 10.2. The van der Waals surface area contributed by atoms with E-state index in [-0.39, 0.29) is 11.8 Å². The summed E-state index contributed by atoms with van der Waals surface area (Å²) in [6.45, 7) is 4.54. The van der Waals surface area contributed by atoms with E-state index in [2.05, 4.69) is 16.3 Å². The fourth-order valence-electron chi connectivity index (χ4n) is 4.37. The summed E-state index contributed by atoms with van der Waals surface area (Å²) in [5.41, 5.74) is 4.37. The molecule has 1 saturated heterocycles. The number of hydrogen-bond acceptors (Lipinski definition) is 4. The largest absolute Gasteiger partial charge is 0.493 e. The van der Waals surface area contributed by atoms with Crippen molar-refractivity contribution in [2.24, 2.45) is 0 Å². The summed E-state index contributed by atoms with van der Waals surface area (Å²) in [6, 6.07) is 8.53. The van der Waals surface area contributed by atoms with Gasteiger partial charge < -0.3 is 24.6 Å². The average molecular weight is 397 g/mol. The summed E-state index contributed by atoms with van der Waals surface area (Å²) in [5.74, 6) is 1.63. The van der Waals surface area contributed by atoms with E-state index in [4.69, 9.17) is 9.47 Å². The molecule has 152 valence electrons. The molecule has 0 aromatic heterocycles. The third-order valence-electron chi connectivity index (χ3n) is 5.94. The first kappa shape index (κ1) is 18.1. The molecule has 3 aliphatic heterocycles. The van der Waals surface area contributed by atoms with Gasteiger partial charge in [-0.05, 0) is 30.3 Å². The van der Waals surface area contributed by atoms with Crippen LogP contribution in [0, 0.1) is 5.82 Å². The molecule has 5 rings (SSSR count). The Morgan fingerprint density at radius 2 is 1.79 bits per heavy atom. The number of urea groups is 1. The van der Waals surface area contributed by atoms with Crippen LogP contribution in [0.25, 0.3) is 0 Å². The van der Waals surface area contributed by atoms with E-state index in [9.17, 15) is 9.18 Å². The van der Waals surface area contributed by atoms with E-state index >= 15 is 0 Å². The van der Waals surface area contributed by atoms with Gasteiger partial charge in [0.2, 0.25) is 0 Å². The number of piperazine rings is 1. The Balaban J connectivity index is 1.21. The maximum Gasteiger partial charge on any atom is 0.317 e. The second kappa shape index (κ2) is 7.46. The minimum Gasteiger partial charge on any atom is -0.493 e. The number of anilines is 1. The molecule has 0 bridgehead atoms. The number of ether oxygens (including phenoxy) is 2. The van der Waals surface area contributed by atoms with Crippen LogP contribution in [0.5, 0.6) is 11.5 Å². The lowest BCUT2D eigenvalue weighted by Crippen LogP contribution is -2.51. The molecule has 2 aromatic rings. The highest BCUT2D eigenvalue weighted by Crippen LogP contribution is 2.40. The van der Waals surface area contributed by atoms with Crippen molar-refractivity contribution in [2.75, 3.05) is 44.3 Å². The number of rotatable bonds is 3. The highest BCUT2D eigenvalue weighted by molar-refractivity contribution is 5.75. The normalized spacial score (nSPS) is 17.4. The van der Waals surface area contributed by atoms with Crippen LogP contribution < -0.4 is 19.7 Å². The van der Waals surface area contributed by atoms with E-state index in [1.165, 1.54) is 17.7 Å². The van der Waals surface area contributed by atoms with Crippen LogP contribution in [0.2, 0.25) is 0 Å². The van der Waals surface area contributed by atoms with Gasteiger partial charge in [-0.2, -0.15) is 0 Å². The molecule has 0 spiro atoms. The van der Waals surface area contributed by atoms with Gasteiger partial charge in [0.15, 0.2) is 0 Å². The molecule has 0 unspecified atom stereocenters. The van der Waals surface area contributed by atoms with Gasteiger partial charge in [0.25, 0.3) is 0 Å². The third kappa shape index (κ3) is 3.45. The van der Waals surface area contributed by atoms with Crippen LogP contribution in [0.4, 0.5) is 14.9 Å². The van der Waals surface area contributed by atoms with Crippen molar-refractivity contribution >= 4 is 11.7 Å². The maximum atomic E-state index is 13.1. The maximum absolute atomic E-state index is 13.1. The molecular weight excluding hydrogens is 373 g/mol. The fraction of sp³-hybridized carbons (Fsp3) is 0.409. The van der Waals surface area contributed by atoms with E-state index in [1.807, 2.05) is 4.90 Å². The molecule has 0 aliphatic carbocycles. The summed E-state index contributed by atoms with van der Waals surface area (Å²) in [7, 11) is 0. The van der Waals surface area contributed by atoms with E-state index in [0.717, 1.165) is 54.2 Å². The Bertz CT molecular complexity index is 892. The quantitative estimate of drug-likeness (QED) is 0.865. The molecule has 0 radical (unpaired) electrons. The molecule has 29 heavy (non-hydrogen) atoms. The summed E-state index contributed by atoms with van der Waals surface area (Å²) >= 11 is 0. The molecule has 2 amide bonds. The number of nitrogens with one attached hydrogen (secondary N) is 1. The van der Waals surface area contributed by atoms with Gasteiger partial charge in [-0.3, -0.25) is 0 Å². The van der Waals surface area contributed by atoms with E-state index in [1.54, 1.807) is 12.1 Å². The number of carbonyl (C=O) groups excluding carboxylic acids is 1. The molecule has 6 nitrogen and oxygen atoms in total. The topological polar surface area (TPSA) is 54.0 Å². The van der Waals surface area contributed by atoms with Crippen LogP contribution in [0.15, 0.2) is 30.3 Å². The van der Waals surface area contributed by atoms with E-state index < -0.39 is 0 Å². The average Bonchev–Trinajstić information content (AvgIpc) is 3.41. The molecule has 3 aliphatic rings. The highest BCUT2D eigenvalue weighted by atomic mass is 19.1. The number of amides is 2. The molecular formula is C22H24FN3O3. The molecule has 0 atom stereocenters. The molecule has 3 heterocycles. The lowest BCUT2D eigenvalue weighted by atomic mass is 9.99. The fourth-order valence-corrected chi connectivity index (χ4v) is 4.37. The number of carbonyl (C=O) groups is 1. The number of nitrogens with zero attached hydrogens (tertiary/aromatic N) is 2. The summed E-state index contributed by atoms with van der Waals surface area (Å²) in [5, 5.41) is 3.07. The van der Waals surface area contributed by atoms with Crippen molar-refractivity contribution in [3.05, 3.63) is 52.8 Å². The minimum atomic E-state index is -0.236. The summed E-state index contributed by atoms with van der Waals surface area (Å²) < 4.78 is 24.7. The van der Waals surface area contributed by atoms with Gasteiger partial charge in [0.05, 0.1) is 13.2 Å². The van der Waals surface area contributed by atoms with Gasteiger partial charge in [-0.1, -0.05) is 0 Å². The first-order chi connectivity index (χ1) is 14.2. The van der Waals surface area contributed by atoms with Gasteiger partial charge in [0, 0.05) is 67.9 Å². The van der Waals surface area contributed by atoms with Crippen LogP contribution >= 0.6 is 0 Å². The number of benzene rings is 2. The number of fused-ring (bicyclic) bond motifs is 2. The first-order valence-corrected chi connectivity index (χ1v) is 10.2. The number of hydrogen-bond donors (Lipinski definition) is 1. The van der Waals surface area contributed by atoms with Crippen LogP contribution in [0.1, 0.15) is 16.7 Å². The van der Waals surface area contributed by atoms with Crippen molar-refractivity contribution in [2.45, 2.75) is 19.4 Å². The van der Waals surface area contributed by atoms with Crippen molar-refractivity contribution < 1.29 is 18.7 Å². The predicted octanol–water partition coefficient (Wildman–Crippen LogP) is 2.73. The van der Waals surface area contributed by atoms with Crippen molar-refractivity contribution in [1.82, 2.24) is 10.2 Å². The van der Waals surface area contributed by atoms with Gasteiger partial charge >= 0.3 is 6.03 Å². The zero-order chi connectivity index (χ0) is 19.8. The van der Waals surface area contributed by atoms with Crippen molar-refractivity contribution in [1.29, 1.82) is 0 Å². The standard InChI is InChI=1S/C22H24FN3O3/c23-16-1-3-17(4-2-16)25-7-9-26(10-8-25)22(27)24-14-19-18-6-12-28-20(18)13-15-5-11-29-21(15)19/h1-4,13H,5-12,14H2,(H,24,27). The zero-order valence-electron chi connectivity index (χ0n) is 16.2. The van der Waals surface area contributed by atoms with Crippen LogP contribution in [0.3, 0.4) is 0 Å². The van der Waals surface area contributed by atoms with Crippen LogP contribution in [-0.2, 0) is 19.4 Å².